The summed E-state index contributed by atoms with van der Waals surface area (Å²) in [6, 6.07) is 19.9. The zero-order valence-corrected chi connectivity index (χ0v) is 28.7. The van der Waals surface area contributed by atoms with Gasteiger partial charge in [-0.2, -0.15) is 9.78 Å². The Hall–Kier alpha value is -6.08. The summed E-state index contributed by atoms with van der Waals surface area (Å²) in [6.45, 7) is 6.59. The van der Waals surface area contributed by atoms with Crippen molar-refractivity contribution in [2.75, 3.05) is 45.0 Å². The maximum Gasteiger partial charge on any atom is 0.435 e. The molecular formula is C37H38N8O5. The van der Waals surface area contributed by atoms with Gasteiger partial charge in [-0.3, -0.25) is 9.78 Å². The van der Waals surface area contributed by atoms with E-state index in [4.69, 9.17) is 24.2 Å². The van der Waals surface area contributed by atoms with Crippen LogP contribution >= 0.6 is 0 Å². The predicted octanol–water partition coefficient (Wildman–Crippen LogP) is 6.77. The van der Waals surface area contributed by atoms with E-state index in [1.165, 1.54) is 10.9 Å². The molecule has 6 rings (SSSR count). The summed E-state index contributed by atoms with van der Waals surface area (Å²) in [4.78, 5) is 41.6. The van der Waals surface area contributed by atoms with Crippen LogP contribution in [0.2, 0.25) is 0 Å². The minimum Gasteiger partial charge on any atom is -0.493 e. The summed E-state index contributed by atoms with van der Waals surface area (Å²) in [5.41, 5.74) is 2.95. The number of hydrogen-bond donors (Lipinski definition) is 2. The van der Waals surface area contributed by atoms with Gasteiger partial charge in [0.2, 0.25) is 0 Å². The Labute approximate surface area is 289 Å². The van der Waals surface area contributed by atoms with Gasteiger partial charge in [-0.15, -0.1) is 0 Å². The van der Waals surface area contributed by atoms with Crippen molar-refractivity contribution in [3.63, 3.8) is 0 Å². The number of carbonyl (C=O) groups is 2. The molecule has 0 radical (unpaired) electrons. The smallest absolute Gasteiger partial charge is 0.435 e. The van der Waals surface area contributed by atoms with Gasteiger partial charge in [0.1, 0.15) is 18.0 Å². The van der Waals surface area contributed by atoms with Crippen molar-refractivity contribution in [2.24, 2.45) is 0 Å². The van der Waals surface area contributed by atoms with Gasteiger partial charge in [0.15, 0.2) is 17.3 Å². The number of carbonyl (C=O) groups excluding carboxylic acids is 2. The van der Waals surface area contributed by atoms with Crippen LogP contribution in [0.4, 0.5) is 22.0 Å². The topological polar surface area (TPSA) is 146 Å². The quantitative estimate of drug-likeness (QED) is 0.159. The normalized spacial score (nSPS) is 11.5. The van der Waals surface area contributed by atoms with Crippen LogP contribution in [0.3, 0.4) is 0 Å². The number of likely N-dealkylation sites (N-methyl/N-ethyl adjacent to an activating group) is 1. The first-order chi connectivity index (χ1) is 24.0. The van der Waals surface area contributed by atoms with Gasteiger partial charge in [0, 0.05) is 52.7 Å². The Morgan fingerprint density at radius 3 is 2.50 bits per heavy atom. The molecule has 3 aromatic heterocycles. The third-order valence-corrected chi connectivity index (χ3v) is 7.48. The van der Waals surface area contributed by atoms with Crippen molar-refractivity contribution >= 4 is 51.0 Å². The number of amides is 1. The molecule has 0 spiro atoms. The molecule has 256 valence electrons. The lowest BCUT2D eigenvalue weighted by Crippen LogP contribution is -2.27. The van der Waals surface area contributed by atoms with Gasteiger partial charge in [-0.1, -0.05) is 12.1 Å². The van der Waals surface area contributed by atoms with Crippen LogP contribution in [0.5, 0.6) is 11.5 Å². The molecule has 1 amide bonds. The molecule has 0 aliphatic heterocycles. The number of nitrogens with one attached hydrogen (secondary N) is 2. The fourth-order valence-corrected chi connectivity index (χ4v) is 5.11. The molecule has 0 saturated carbocycles. The first-order valence-electron chi connectivity index (χ1n) is 15.9. The Morgan fingerprint density at radius 1 is 0.920 bits per heavy atom. The summed E-state index contributed by atoms with van der Waals surface area (Å²) in [5, 5.41) is 12.1. The molecule has 13 nitrogen and oxygen atoms in total. The molecule has 3 aromatic carbocycles. The van der Waals surface area contributed by atoms with Crippen LogP contribution in [-0.2, 0) is 4.74 Å². The Kier molecular flexibility index (Phi) is 9.59. The lowest BCUT2D eigenvalue weighted by molar-refractivity contribution is 0.0522. The average molecular weight is 675 g/mol. The predicted molar refractivity (Wildman–Crippen MR) is 192 cm³/mol. The number of benzene rings is 3. The van der Waals surface area contributed by atoms with E-state index >= 15 is 0 Å². The molecule has 0 aliphatic carbocycles. The molecule has 0 bridgehead atoms. The van der Waals surface area contributed by atoms with E-state index in [2.05, 4.69) is 20.7 Å². The number of ether oxygens (including phenoxy) is 3. The molecule has 13 heteroatoms. The minimum absolute atomic E-state index is 0.283. The summed E-state index contributed by atoms with van der Waals surface area (Å²) in [5.74, 6) is 1.72. The zero-order valence-electron chi connectivity index (χ0n) is 28.7. The lowest BCUT2D eigenvalue weighted by atomic mass is 10.1. The second kappa shape index (κ2) is 14.2. The van der Waals surface area contributed by atoms with E-state index < -0.39 is 11.7 Å². The number of nitrogens with zero attached hydrogens (tertiary/aromatic N) is 6. The highest BCUT2D eigenvalue weighted by atomic mass is 16.6. The van der Waals surface area contributed by atoms with Crippen molar-refractivity contribution in [2.45, 2.75) is 26.4 Å². The summed E-state index contributed by atoms with van der Waals surface area (Å²) >= 11 is 0. The fraction of sp³-hybridized carbons (Fsp3) is 0.243. The van der Waals surface area contributed by atoms with E-state index in [1.807, 2.05) is 82.2 Å². The third-order valence-electron chi connectivity index (χ3n) is 7.48. The molecule has 6 aromatic rings. The number of rotatable bonds is 10. The van der Waals surface area contributed by atoms with E-state index in [9.17, 15) is 9.59 Å². The van der Waals surface area contributed by atoms with Crippen LogP contribution in [0.1, 0.15) is 31.1 Å². The van der Waals surface area contributed by atoms with E-state index in [0.29, 0.717) is 75.2 Å². The number of methoxy groups -OCH3 is 1. The number of fused-ring (bicyclic) bond motifs is 2. The number of anilines is 3. The fourth-order valence-electron chi connectivity index (χ4n) is 5.11. The maximum atomic E-state index is 12.8. The Balaban J connectivity index is 1.39. The molecule has 2 N–H and O–H groups in total. The number of pyridine rings is 1. The number of hydrogen-bond acceptors (Lipinski definition) is 11. The molecule has 0 saturated heterocycles. The standard InChI is InChI=1S/C37H38N8O5/c1-37(2,3)50-36(47)45-30-13-12-27(18-25(30)22-39-45)40-34-28-19-32(49-16-15-44(4)5)31(48-6)20-29(28)42-33(43-34)23-9-7-11-26(17-23)41-35(46)24-10-8-14-38-21-24/h7-14,17-22H,15-16H2,1-6H3,(H,41,46)(H,40,42,43). The van der Waals surface area contributed by atoms with Crippen LogP contribution in [-0.4, -0.2) is 81.6 Å². The molecule has 0 unspecified atom stereocenters. The molecular weight excluding hydrogens is 636 g/mol. The lowest BCUT2D eigenvalue weighted by Gasteiger charge is -2.19. The molecule has 0 aliphatic rings. The monoisotopic (exact) mass is 674 g/mol. The van der Waals surface area contributed by atoms with E-state index in [-0.39, 0.29) is 5.91 Å². The van der Waals surface area contributed by atoms with Gasteiger partial charge in [-0.25, -0.2) is 14.8 Å². The average Bonchev–Trinajstić information content (AvgIpc) is 3.51. The largest absolute Gasteiger partial charge is 0.493 e. The van der Waals surface area contributed by atoms with Gasteiger partial charge in [0.05, 0.1) is 29.9 Å². The summed E-state index contributed by atoms with van der Waals surface area (Å²) in [6.07, 6.45) is 4.17. The van der Waals surface area contributed by atoms with Gasteiger partial charge >= 0.3 is 6.09 Å². The first-order valence-corrected chi connectivity index (χ1v) is 15.9. The van der Waals surface area contributed by atoms with Crippen LogP contribution < -0.4 is 20.1 Å². The highest BCUT2D eigenvalue weighted by Gasteiger charge is 2.21. The SMILES string of the molecule is COc1cc2nc(-c3cccc(NC(=O)c4cccnc4)c3)nc(Nc3ccc4c(cnn4C(=O)OC(C)(C)C)c3)c2cc1OCCN(C)C. The molecule has 0 fully saturated rings. The maximum absolute atomic E-state index is 12.8. The second-order valence-corrected chi connectivity index (χ2v) is 12.8. The number of aromatic nitrogens is 5. The minimum atomic E-state index is -0.662. The highest BCUT2D eigenvalue weighted by Crippen LogP contribution is 2.37. The van der Waals surface area contributed by atoms with Gasteiger partial charge in [0.25, 0.3) is 5.91 Å². The Morgan fingerprint density at radius 2 is 1.76 bits per heavy atom. The van der Waals surface area contributed by atoms with Crippen LogP contribution in [0, 0.1) is 0 Å². The van der Waals surface area contributed by atoms with Crippen molar-refractivity contribution in [1.82, 2.24) is 29.6 Å². The van der Waals surface area contributed by atoms with E-state index in [1.54, 1.807) is 43.8 Å². The van der Waals surface area contributed by atoms with Crippen LogP contribution in [0.15, 0.2) is 85.3 Å². The van der Waals surface area contributed by atoms with Crippen LogP contribution in [0.25, 0.3) is 33.2 Å². The summed E-state index contributed by atoms with van der Waals surface area (Å²) in [7, 11) is 5.54. The Bertz CT molecular complexity index is 2180. The van der Waals surface area contributed by atoms with Crippen molar-refractivity contribution < 1.29 is 23.8 Å². The van der Waals surface area contributed by atoms with Crippen molar-refractivity contribution in [3.8, 4) is 22.9 Å². The van der Waals surface area contributed by atoms with Gasteiger partial charge < -0.3 is 29.7 Å². The molecule has 3 heterocycles. The van der Waals surface area contributed by atoms with Crippen molar-refractivity contribution in [3.05, 3.63) is 90.9 Å². The van der Waals surface area contributed by atoms with E-state index in [0.717, 1.165) is 5.39 Å². The zero-order chi connectivity index (χ0) is 35.4. The molecule has 50 heavy (non-hydrogen) atoms. The summed E-state index contributed by atoms with van der Waals surface area (Å²) < 4.78 is 18.6. The molecule has 0 atom stereocenters. The first kappa shape index (κ1) is 33.8. The highest BCUT2D eigenvalue weighted by molar-refractivity contribution is 6.04. The van der Waals surface area contributed by atoms with Crippen molar-refractivity contribution in [1.29, 1.82) is 0 Å². The second-order valence-electron chi connectivity index (χ2n) is 12.8. The third kappa shape index (κ3) is 7.79. The van der Waals surface area contributed by atoms with Gasteiger partial charge in [-0.05, 0) is 83.4 Å².